The van der Waals surface area contributed by atoms with Gasteiger partial charge in [-0.2, -0.15) is 5.10 Å². The monoisotopic (exact) mass is 597 g/mol. The van der Waals surface area contributed by atoms with Gasteiger partial charge in [0.2, 0.25) is 0 Å². The molecular weight excluding hydrogens is 574 g/mol. The van der Waals surface area contributed by atoms with Crippen LogP contribution in [0.1, 0.15) is 5.56 Å². The number of nitrogens with zero attached hydrogens (tertiary/aromatic N) is 4. The van der Waals surface area contributed by atoms with Crippen molar-refractivity contribution in [2.45, 2.75) is 5.16 Å². The summed E-state index contributed by atoms with van der Waals surface area (Å²) in [7, 11) is 4.60. The Balaban J connectivity index is 1.52. The number of benzene rings is 3. The Morgan fingerprint density at radius 1 is 1.03 bits per heavy atom. The molecule has 0 aliphatic carbocycles. The molecular formula is C26H24BrN5O5S. The molecule has 0 fully saturated rings. The Labute approximate surface area is 231 Å². The van der Waals surface area contributed by atoms with Crippen molar-refractivity contribution in [1.82, 2.24) is 20.2 Å². The number of thioether (sulfide) groups is 1. The van der Waals surface area contributed by atoms with Crippen LogP contribution in [0.4, 0.5) is 0 Å². The van der Waals surface area contributed by atoms with Crippen molar-refractivity contribution in [3.05, 3.63) is 70.7 Å². The van der Waals surface area contributed by atoms with Crippen molar-refractivity contribution in [1.29, 1.82) is 0 Å². The number of aromatic hydroxyl groups is 1. The topological polar surface area (TPSA) is 120 Å². The minimum Gasteiger partial charge on any atom is -0.503 e. The summed E-state index contributed by atoms with van der Waals surface area (Å²) in [5.74, 6) is 1.76. The zero-order chi connectivity index (χ0) is 27.1. The number of halogens is 1. The van der Waals surface area contributed by atoms with Crippen LogP contribution in [0.2, 0.25) is 0 Å². The molecule has 3 aromatic carbocycles. The van der Waals surface area contributed by atoms with Crippen LogP contribution >= 0.6 is 27.7 Å². The summed E-state index contributed by atoms with van der Waals surface area (Å²) >= 11 is 4.49. The molecule has 38 heavy (non-hydrogen) atoms. The minimum absolute atomic E-state index is 0.0138. The first-order valence-electron chi connectivity index (χ1n) is 11.2. The molecule has 0 aliphatic rings. The highest BCUT2D eigenvalue weighted by Gasteiger charge is 2.19. The van der Waals surface area contributed by atoms with E-state index in [2.05, 4.69) is 36.7 Å². The number of para-hydroxylation sites is 1. The Hall–Kier alpha value is -4.03. The first kappa shape index (κ1) is 27.0. The number of carbonyl (C=O) groups is 1. The van der Waals surface area contributed by atoms with Gasteiger partial charge in [0.25, 0.3) is 5.91 Å². The van der Waals surface area contributed by atoms with E-state index in [1.165, 1.54) is 25.1 Å². The number of hydrogen-bond acceptors (Lipinski definition) is 9. The van der Waals surface area contributed by atoms with Crippen LogP contribution in [-0.4, -0.2) is 59.1 Å². The van der Waals surface area contributed by atoms with E-state index in [1.807, 2.05) is 47.0 Å². The predicted octanol–water partition coefficient (Wildman–Crippen LogP) is 4.67. The number of phenolic OH excluding ortho intramolecular Hbond substituents is 1. The summed E-state index contributed by atoms with van der Waals surface area (Å²) in [6.07, 6.45) is 1.46. The number of rotatable bonds is 10. The number of aromatic nitrogens is 3. The number of methoxy groups -OCH3 is 3. The molecule has 1 heterocycles. The fourth-order valence-corrected chi connectivity index (χ4v) is 4.70. The van der Waals surface area contributed by atoms with Gasteiger partial charge in [-0.15, -0.1) is 10.2 Å². The lowest BCUT2D eigenvalue weighted by atomic mass is 10.2. The predicted molar refractivity (Wildman–Crippen MR) is 149 cm³/mol. The molecule has 0 spiro atoms. The zero-order valence-electron chi connectivity index (χ0n) is 20.7. The molecule has 0 saturated heterocycles. The van der Waals surface area contributed by atoms with Crippen molar-refractivity contribution in [2.24, 2.45) is 5.10 Å². The molecule has 4 aromatic rings. The second-order valence-electron chi connectivity index (χ2n) is 7.68. The summed E-state index contributed by atoms with van der Waals surface area (Å²) in [5, 5.41) is 23.2. The SMILES string of the molecule is COc1ccc(-c2nnc(SCC(=O)N/N=C/c3cc(Br)c(O)c(OC)c3)n2-c2ccccc2)cc1OC. The molecule has 2 N–H and O–H groups in total. The highest BCUT2D eigenvalue weighted by atomic mass is 79.9. The van der Waals surface area contributed by atoms with Gasteiger partial charge < -0.3 is 19.3 Å². The molecule has 4 rings (SSSR count). The Kier molecular flexibility index (Phi) is 8.87. The fraction of sp³-hybridized carbons (Fsp3) is 0.154. The van der Waals surface area contributed by atoms with Gasteiger partial charge in [0.05, 0.1) is 37.8 Å². The summed E-state index contributed by atoms with van der Waals surface area (Å²) in [6.45, 7) is 0. The first-order chi connectivity index (χ1) is 18.4. The lowest BCUT2D eigenvalue weighted by Crippen LogP contribution is -2.20. The Morgan fingerprint density at radius 3 is 2.47 bits per heavy atom. The first-order valence-corrected chi connectivity index (χ1v) is 13.0. The highest BCUT2D eigenvalue weighted by molar-refractivity contribution is 9.10. The van der Waals surface area contributed by atoms with Crippen molar-refractivity contribution in [3.63, 3.8) is 0 Å². The maximum atomic E-state index is 12.5. The number of hydrogen-bond donors (Lipinski definition) is 2. The molecule has 1 amide bonds. The summed E-state index contributed by atoms with van der Waals surface area (Å²) < 4.78 is 18.3. The molecule has 0 saturated carbocycles. The summed E-state index contributed by atoms with van der Waals surface area (Å²) in [4.78, 5) is 12.5. The maximum Gasteiger partial charge on any atom is 0.250 e. The third kappa shape index (κ3) is 6.09. The van der Waals surface area contributed by atoms with E-state index in [-0.39, 0.29) is 23.2 Å². The number of amides is 1. The quantitative estimate of drug-likeness (QED) is 0.154. The van der Waals surface area contributed by atoms with Gasteiger partial charge in [-0.3, -0.25) is 9.36 Å². The molecule has 0 atom stereocenters. The number of nitrogens with one attached hydrogen (secondary N) is 1. The van der Waals surface area contributed by atoms with Crippen LogP contribution in [0.5, 0.6) is 23.0 Å². The maximum absolute atomic E-state index is 12.5. The van der Waals surface area contributed by atoms with E-state index in [0.29, 0.717) is 32.5 Å². The van der Waals surface area contributed by atoms with Crippen LogP contribution in [0.3, 0.4) is 0 Å². The van der Waals surface area contributed by atoms with Crippen LogP contribution in [0, 0.1) is 0 Å². The second-order valence-corrected chi connectivity index (χ2v) is 9.48. The lowest BCUT2D eigenvalue weighted by Gasteiger charge is -2.12. The average Bonchev–Trinajstić information content (AvgIpc) is 3.37. The van der Waals surface area contributed by atoms with Gasteiger partial charge >= 0.3 is 0 Å². The Morgan fingerprint density at radius 2 is 1.76 bits per heavy atom. The molecule has 12 heteroatoms. The number of phenols is 1. The molecule has 1 aromatic heterocycles. The summed E-state index contributed by atoms with van der Waals surface area (Å²) in [6, 6.07) is 18.4. The Bertz CT molecular complexity index is 1460. The van der Waals surface area contributed by atoms with Crippen LogP contribution in [0.25, 0.3) is 17.1 Å². The molecule has 0 aliphatic heterocycles. The van der Waals surface area contributed by atoms with Gasteiger partial charge in [0, 0.05) is 11.3 Å². The van der Waals surface area contributed by atoms with E-state index in [4.69, 9.17) is 14.2 Å². The average molecular weight is 598 g/mol. The van der Waals surface area contributed by atoms with E-state index in [1.54, 1.807) is 32.4 Å². The van der Waals surface area contributed by atoms with Crippen LogP contribution in [-0.2, 0) is 4.79 Å². The third-order valence-corrected chi connectivity index (χ3v) is 6.83. The zero-order valence-corrected chi connectivity index (χ0v) is 23.1. The normalized spacial score (nSPS) is 10.9. The minimum atomic E-state index is -0.327. The van der Waals surface area contributed by atoms with Crippen molar-refractivity contribution in [3.8, 4) is 40.1 Å². The van der Waals surface area contributed by atoms with Gasteiger partial charge in [0.15, 0.2) is 34.0 Å². The van der Waals surface area contributed by atoms with Gasteiger partial charge in [-0.25, -0.2) is 5.43 Å². The number of carbonyl (C=O) groups excluding carboxylic acids is 1. The smallest absolute Gasteiger partial charge is 0.250 e. The third-order valence-electron chi connectivity index (χ3n) is 5.30. The fourth-order valence-electron chi connectivity index (χ4n) is 3.50. The van der Waals surface area contributed by atoms with E-state index in [0.717, 1.165) is 11.3 Å². The summed E-state index contributed by atoms with van der Waals surface area (Å²) in [5.41, 5.74) is 4.75. The molecule has 10 nitrogen and oxygen atoms in total. The van der Waals surface area contributed by atoms with Crippen molar-refractivity contribution >= 4 is 39.8 Å². The molecule has 0 unspecified atom stereocenters. The highest BCUT2D eigenvalue weighted by Crippen LogP contribution is 2.35. The van der Waals surface area contributed by atoms with Crippen molar-refractivity contribution in [2.75, 3.05) is 27.1 Å². The van der Waals surface area contributed by atoms with Crippen molar-refractivity contribution < 1.29 is 24.1 Å². The van der Waals surface area contributed by atoms with Crippen LogP contribution < -0.4 is 19.6 Å². The molecule has 0 bridgehead atoms. The van der Waals surface area contributed by atoms with E-state index >= 15 is 0 Å². The number of hydrazone groups is 1. The van der Waals surface area contributed by atoms with E-state index < -0.39 is 0 Å². The second kappa shape index (κ2) is 12.5. The largest absolute Gasteiger partial charge is 0.503 e. The van der Waals surface area contributed by atoms with E-state index in [9.17, 15) is 9.90 Å². The van der Waals surface area contributed by atoms with Gasteiger partial charge in [0.1, 0.15) is 0 Å². The molecule has 0 radical (unpaired) electrons. The van der Waals surface area contributed by atoms with Gasteiger partial charge in [-0.05, 0) is 64.0 Å². The number of ether oxygens (including phenoxy) is 3. The van der Waals surface area contributed by atoms with Gasteiger partial charge in [-0.1, -0.05) is 30.0 Å². The standard InChI is InChI=1S/C26H24BrN5O5S/c1-35-20-10-9-17(13-21(20)36-2)25-30-31-26(32(25)18-7-5-4-6-8-18)38-15-23(33)29-28-14-16-11-19(27)24(34)22(12-16)37-3/h4-14,34H,15H2,1-3H3,(H,29,33)/b28-14+. The lowest BCUT2D eigenvalue weighted by molar-refractivity contribution is -0.118. The van der Waals surface area contributed by atoms with Crippen LogP contribution in [0.15, 0.2) is 75.4 Å². The molecule has 196 valence electrons.